The molecule has 0 aromatic heterocycles. The third-order valence-electron chi connectivity index (χ3n) is 4.97. The molecule has 0 radical (unpaired) electrons. The van der Waals surface area contributed by atoms with Crippen molar-refractivity contribution < 1.29 is 23.9 Å². The summed E-state index contributed by atoms with van der Waals surface area (Å²) in [6.07, 6.45) is 5.53. The molecule has 0 amide bonds. The van der Waals surface area contributed by atoms with Gasteiger partial charge in [-0.25, -0.2) is 10.5 Å². The summed E-state index contributed by atoms with van der Waals surface area (Å²) < 4.78 is 17.5. The Labute approximate surface area is 250 Å². The van der Waals surface area contributed by atoms with Crippen LogP contribution in [0.4, 0.5) is 10.1 Å². The van der Waals surface area contributed by atoms with Gasteiger partial charge in [0.15, 0.2) is 0 Å². The van der Waals surface area contributed by atoms with Crippen molar-refractivity contribution in [2.45, 2.75) is 52.3 Å². The number of hydrogen-bond donors (Lipinski definition) is 1. The van der Waals surface area contributed by atoms with Gasteiger partial charge < -0.3 is 13.9 Å². The molecule has 0 fully saturated rings. The van der Waals surface area contributed by atoms with Crippen molar-refractivity contribution in [1.82, 2.24) is 8.61 Å². The molecule has 9 heteroatoms. The number of halogens is 2. The van der Waals surface area contributed by atoms with Crippen molar-refractivity contribution in [3.05, 3.63) is 77.7 Å². The number of hydrogen-bond acceptors (Lipinski definition) is 6. The van der Waals surface area contributed by atoms with Crippen LogP contribution in [-0.2, 0) is 26.0 Å². The second kappa shape index (κ2) is 21.7. The Morgan fingerprint density at radius 3 is 2.08 bits per heavy atom. The normalized spacial score (nSPS) is 11.2. The maximum absolute atomic E-state index is 13.4. The van der Waals surface area contributed by atoms with Crippen molar-refractivity contribution in [2.75, 3.05) is 31.9 Å². The smallest absolute Gasteiger partial charge is 0.390 e. The molecule has 0 aliphatic rings. The molecule has 0 saturated heterocycles. The molecule has 2 aromatic carbocycles. The van der Waals surface area contributed by atoms with Crippen LogP contribution in [-0.4, -0.2) is 35.2 Å². The summed E-state index contributed by atoms with van der Waals surface area (Å²) in [5.41, 5.74) is 5.16. The third-order valence-corrected chi connectivity index (χ3v) is 7.63. The van der Waals surface area contributed by atoms with E-state index < -0.39 is 0 Å². The molecule has 36 heavy (non-hydrogen) atoms. The van der Waals surface area contributed by atoms with Gasteiger partial charge in [0.2, 0.25) is 0 Å². The van der Waals surface area contributed by atoms with Gasteiger partial charge in [0.1, 0.15) is 5.82 Å². The Kier molecular flexibility index (Phi) is 22.9. The topological polar surface area (TPSA) is 18.5 Å². The summed E-state index contributed by atoms with van der Waals surface area (Å²) in [6, 6.07) is 11.0. The molecule has 0 bridgehead atoms. The molecule has 0 aliphatic heterocycles. The van der Waals surface area contributed by atoms with Gasteiger partial charge in [0.05, 0.1) is 0 Å². The van der Waals surface area contributed by atoms with Crippen LogP contribution in [0.2, 0.25) is 0 Å². The van der Waals surface area contributed by atoms with Crippen molar-refractivity contribution in [3.63, 3.8) is 0 Å². The van der Waals surface area contributed by atoms with E-state index in [0.29, 0.717) is 18.0 Å². The minimum atomic E-state index is -0.286. The van der Waals surface area contributed by atoms with Gasteiger partial charge in [-0.15, -0.1) is 35.5 Å². The van der Waals surface area contributed by atoms with Gasteiger partial charge in [-0.2, -0.15) is 12.2 Å². The first-order valence-corrected chi connectivity index (χ1v) is 15.6. The van der Waals surface area contributed by atoms with Crippen molar-refractivity contribution >= 4 is 57.3 Å². The Morgan fingerprint density at radius 1 is 1.06 bits per heavy atom. The van der Waals surface area contributed by atoms with Crippen LogP contribution >= 0.6 is 45.6 Å². The molecule has 1 unspecified atom stereocenters. The fourth-order valence-electron chi connectivity index (χ4n) is 3.05. The van der Waals surface area contributed by atoms with E-state index in [1.807, 2.05) is 47.1 Å². The molecule has 0 aliphatic carbocycles. The van der Waals surface area contributed by atoms with E-state index in [4.69, 9.17) is 17.3 Å². The molecule has 0 saturated carbocycles. The van der Waals surface area contributed by atoms with E-state index in [0.717, 1.165) is 11.3 Å². The minimum Gasteiger partial charge on any atom is -0.390 e. The molecule has 0 spiro atoms. The van der Waals surface area contributed by atoms with Crippen LogP contribution in [0.5, 0.6) is 0 Å². The monoisotopic (exact) mass is 659 g/mol. The second-order valence-electron chi connectivity index (χ2n) is 7.63. The van der Waals surface area contributed by atoms with Gasteiger partial charge in [0.25, 0.3) is 0 Å². The maximum Gasteiger partial charge on any atom is 2.00 e. The SMILES string of the molecule is CC.CSN(C)[CH-]N(C)SC.[CH-]=Cc1cc(F)ccc1CNc1c(C(C)C)cccc1C(C)SCl.[Ru+2]. The number of para-hydroxylation sites is 1. The average Bonchev–Trinajstić information content (AvgIpc) is 2.88. The molecule has 0 heterocycles. The molecule has 1 atom stereocenters. The average molecular weight is 659 g/mol. The zero-order valence-electron chi connectivity index (χ0n) is 22.8. The predicted molar refractivity (Wildman–Crippen MR) is 163 cm³/mol. The van der Waals surface area contributed by atoms with Crippen LogP contribution in [0.3, 0.4) is 0 Å². The third kappa shape index (κ3) is 13.5. The van der Waals surface area contributed by atoms with Crippen molar-refractivity contribution in [3.8, 4) is 0 Å². The molecule has 2 aromatic rings. The van der Waals surface area contributed by atoms with Crippen LogP contribution in [0.1, 0.15) is 68.0 Å². The van der Waals surface area contributed by atoms with E-state index in [1.54, 1.807) is 30.0 Å². The molecule has 1 N–H and O–H groups in total. The number of anilines is 1. The Balaban J connectivity index is 0. The number of nitrogens with zero attached hydrogens (tertiary/aromatic N) is 2. The first-order chi connectivity index (χ1) is 16.7. The fraction of sp³-hybridized carbons (Fsp3) is 0.444. The van der Waals surface area contributed by atoms with Gasteiger partial charge >= 0.3 is 19.5 Å². The van der Waals surface area contributed by atoms with Crippen molar-refractivity contribution in [1.29, 1.82) is 0 Å². The number of benzene rings is 2. The zero-order valence-corrected chi connectivity index (χ0v) is 27.7. The molecular weight excluding hydrogens is 618 g/mol. The summed E-state index contributed by atoms with van der Waals surface area (Å²) >= 11 is 3.38. The van der Waals surface area contributed by atoms with E-state index in [-0.39, 0.29) is 30.5 Å². The Morgan fingerprint density at radius 2 is 1.61 bits per heavy atom. The maximum atomic E-state index is 13.4. The quantitative estimate of drug-likeness (QED) is 0.146. The van der Waals surface area contributed by atoms with Gasteiger partial charge in [-0.3, -0.25) is 6.58 Å². The van der Waals surface area contributed by atoms with E-state index in [2.05, 4.69) is 52.9 Å². The minimum absolute atomic E-state index is 0. The number of nitrogens with one attached hydrogen (secondary N) is 1. The number of rotatable bonds is 11. The predicted octanol–water partition coefficient (Wildman–Crippen LogP) is 9.50. The zero-order chi connectivity index (χ0) is 27.0. The largest absolute Gasteiger partial charge is 2.00 e. The molecule has 2 rings (SSSR count). The summed E-state index contributed by atoms with van der Waals surface area (Å²) in [4.78, 5) is 0. The van der Waals surface area contributed by atoms with Gasteiger partial charge in [-0.1, -0.05) is 52.0 Å². The summed E-state index contributed by atoms with van der Waals surface area (Å²) in [5.74, 6) is 0.0969. The van der Waals surface area contributed by atoms with E-state index >= 15 is 0 Å². The molecule has 204 valence electrons. The van der Waals surface area contributed by atoms with Gasteiger partial charge in [0, 0.05) is 17.5 Å². The Bertz CT molecular complexity index is 866. The fourth-order valence-corrected chi connectivity index (χ4v) is 4.16. The van der Waals surface area contributed by atoms with Crippen LogP contribution < -0.4 is 5.32 Å². The van der Waals surface area contributed by atoms with Crippen molar-refractivity contribution in [2.24, 2.45) is 0 Å². The standard InChI is InChI=1S/C20H22ClFNS.C5H13N2S2.C2H6.Ru/c1-5-15-11-17(22)10-9-16(15)12-23-20-18(13(2)3)7-6-8-19(20)14(4)24-21;1-6(8-3)5-7(2)9-4;1-2;/h1,5-11,13-14,23H,12H2,2-4H3;5H,1-4H3;1-2H3;/q2*-1;;+2. The van der Waals surface area contributed by atoms with E-state index in [1.165, 1.54) is 40.3 Å². The first-order valence-electron chi connectivity index (χ1n) is 11.5. The molecular formula is C27H41ClFN3RuS3. The summed E-state index contributed by atoms with van der Waals surface area (Å²) in [5, 5.41) is 3.69. The van der Waals surface area contributed by atoms with Crippen LogP contribution in [0, 0.1) is 19.1 Å². The van der Waals surface area contributed by atoms with Crippen LogP contribution in [0.15, 0.2) is 36.4 Å². The Hall–Kier alpha value is -0.207. The molecule has 3 nitrogen and oxygen atoms in total. The van der Waals surface area contributed by atoms with Crippen LogP contribution in [0.25, 0.3) is 6.08 Å². The second-order valence-corrected chi connectivity index (χ2v) is 10.9. The summed E-state index contributed by atoms with van der Waals surface area (Å²) in [7, 11) is 11.3. The summed E-state index contributed by atoms with van der Waals surface area (Å²) in [6.45, 7) is 18.6. The first kappa shape index (κ1) is 37.9. The van der Waals surface area contributed by atoms with Gasteiger partial charge in [-0.05, 0) is 78.3 Å². The van der Waals surface area contributed by atoms with E-state index in [9.17, 15) is 4.39 Å².